The second-order valence-corrected chi connectivity index (χ2v) is 7.73. The smallest absolute Gasteiger partial charge is 0.265 e. The van der Waals surface area contributed by atoms with Crippen molar-refractivity contribution in [3.05, 3.63) is 83.9 Å². The number of benzene rings is 3. The third kappa shape index (κ3) is 6.03. The molecule has 1 atom stereocenters. The highest BCUT2D eigenvalue weighted by atomic mass is 32.2. The maximum Gasteiger partial charge on any atom is 0.265 e. The molecule has 0 aromatic heterocycles. The number of carbonyl (C=O) groups excluding carboxylic acids is 1. The standard InChI is InChI=1S/C24H25NO3S/c1-17-14-19(16-29-22-10-5-4-6-11-22)12-13-23(17)25-24(26)18(2)28-21-9-7-8-20(15-21)27-3/h4-15,18H,16H2,1-3H3,(H,25,26). The predicted molar refractivity (Wildman–Crippen MR) is 119 cm³/mol. The summed E-state index contributed by atoms with van der Waals surface area (Å²) in [5.41, 5.74) is 3.04. The number of anilines is 1. The number of ether oxygens (including phenoxy) is 2. The number of hydrogen-bond donors (Lipinski definition) is 1. The first-order valence-corrected chi connectivity index (χ1v) is 10.4. The van der Waals surface area contributed by atoms with Gasteiger partial charge in [-0.25, -0.2) is 0 Å². The Hall–Kier alpha value is -2.92. The molecule has 1 N–H and O–H groups in total. The lowest BCUT2D eigenvalue weighted by Crippen LogP contribution is -2.30. The van der Waals surface area contributed by atoms with Crippen LogP contribution in [0.1, 0.15) is 18.1 Å². The summed E-state index contributed by atoms with van der Waals surface area (Å²) in [6, 6.07) is 23.6. The Kier molecular flexibility index (Phi) is 7.19. The van der Waals surface area contributed by atoms with Crippen molar-refractivity contribution < 1.29 is 14.3 Å². The van der Waals surface area contributed by atoms with Crippen LogP contribution in [0.2, 0.25) is 0 Å². The normalized spacial score (nSPS) is 11.6. The predicted octanol–water partition coefficient (Wildman–Crippen LogP) is 5.70. The van der Waals surface area contributed by atoms with Crippen molar-refractivity contribution in [2.75, 3.05) is 12.4 Å². The van der Waals surface area contributed by atoms with E-state index in [4.69, 9.17) is 9.47 Å². The minimum atomic E-state index is -0.630. The number of amides is 1. The average molecular weight is 408 g/mol. The molecule has 0 aliphatic carbocycles. The SMILES string of the molecule is COc1cccc(OC(C)C(=O)Nc2ccc(CSc3ccccc3)cc2C)c1. The van der Waals surface area contributed by atoms with E-state index in [2.05, 4.69) is 23.5 Å². The van der Waals surface area contributed by atoms with E-state index in [1.165, 1.54) is 10.5 Å². The first kappa shape index (κ1) is 20.8. The van der Waals surface area contributed by atoms with Gasteiger partial charge in [0, 0.05) is 22.4 Å². The Bertz CT molecular complexity index is 959. The molecule has 0 fully saturated rings. The molecular formula is C24H25NO3S. The topological polar surface area (TPSA) is 47.6 Å². The van der Waals surface area contributed by atoms with E-state index in [9.17, 15) is 4.79 Å². The Morgan fingerprint density at radius 2 is 1.76 bits per heavy atom. The Morgan fingerprint density at radius 1 is 1.00 bits per heavy atom. The van der Waals surface area contributed by atoms with Gasteiger partial charge in [-0.2, -0.15) is 0 Å². The van der Waals surface area contributed by atoms with Crippen molar-refractivity contribution in [1.29, 1.82) is 0 Å². The third-order valence-corrected chi connectivity index (χ3v) is 5.50. The number of hydrogen-bond acceptors (Lipinski definition) is 4. The summed E-state index contributed by atoms with van der Waals surface area (Å²) in [5, 5.41) is 2.96. The summed E-state index contributed by atoms with van der Waals surface area (Å²) in [7, 11) is 1.60. The van der Waals surface area contributed by atoms with Crippen LogP contribution in [0.3, 0.4) is 0 Å². The van der Waals surface area contributed by atoms with Crippen molar-refractivity contribution in [3.8, 4) is 11.5 Å². The summed E-state index contributed by atoms with van der Waals surface area (Å²) < 4.78 is 10.9. The van der Waals surface area contributed by atoms with Gasteiger partial charge in [0.25, 0.3) is 5.91 Å². The van der Waals surface area contributed by atoms with Gasteiger partial charge in [-0.1, -0.05) is 36.4 Å². The van der Waals surface area contributed by atoms with Gasteiger partial charge in [0.1, 0.15) is 11.5 Å². The lowest BCUT2D eigenvalue weighted by Gasteiger charge is -2.16. The molecule has 150 valence electrons. The number of rotatable bonds is 8. The monoisotopic (exact) mass is 407 g/mol. The van der Waals surface area contributed by atoms with E-state index in [0.29, 0.717) is 11.5 Å². The van der Waals surface area contributed by atoms with Gasteiger partial charge < -0.3 is 14.8 Å². The van der Waals surface area contributed by atoms with E-state index >= 15 is 0 Å². The quantitative estimate of drug-likeness (QED) is 0.487. The number of carbonyl (C=O) groups is 1. The molecule has 0 heterocycles. The highest BCUT2D eigenvalue weighted by molar-refractivity contribution is 7.98. The van der Waals surface area contributed by atoms with Crippen LogP contribution in [-0.2, 0) is 10.5 Å². The fraction of sp³-hybridized carbons (Fsp3) is 0.208. The summed E-state index contributed by atoms with van der Waals surface area (Å²) in [4.78, 5) is 13.8. The summed E-state index contributed by atoms with van der Waals surface area (Å²) in [6.45, 7) is 3.73. The first-order chi connectivity index (χ1) is 14.0. The number of thioether (sulfide) groups is 1. The van der Waals surface area contributed by atoms with Crippen LogP contribution in [-0.4, -0.2) is 19.1 Å². The van der Waals surface area contributed by atoms with E-state index < -0.39 is 6.10 Å². The van der Waals surface area contributed by atoms with Crippen molar-refractivity contribution in [2.45, 2.75) is 30.6 Å². The van der Waals surface area contributed by atoms with Crippen molar-refractivity contribution >= 4 is 23.4 Å². The highest BCUT2D eigenvalue weighted by Crippen LogP contribution is 2.25. The highest BCUT2D eigenvalue weighted by Gasteiger charge is 2.16. The molecule has 0 bridgehead atoms. The molecule has 29 heavy (non-hydrogen) atoms. The molecule has 0 aliphatic heterocycles. The molecule has 3 rings (SSSR count). The first-order valence-electron chi connectivity index (χ1n) is 9.44. The van der Waals surface area contributed by atoms with Crippen LogP contribution in [0.25, 0.3) is 0 Å². The lowest BCUT2D eigenvalue weighted by atomic mass is 10.1. The molecule has 0 saturated carbocycles. The lowest BCUT2D eigenvalue weighted by molar-refractivity contribution is -0.122. The molecule has 5 heteroatoms. The maximum absolute atomic E-state index is 12.5. The van der Waals surface area contributed by atoms with Gasteiger partial charge in [0.15, 0.2) is 6.10 Å². The molecule has 0 radical (unpaired) electrons. The Morgan fingerprint density at radius 3 is 2.48 bits per heavy atom. The van der Waals surface area contributed by atoms with Gasteiger partial charge in [-0.3, -0.25) is 4.79 Å². The van der Waals surface area contributed by atoms with E-state index in [1.54, 1.807) is 37.9 Å². The summed E-state index contributed by atoms with van der Waals surface area (Å²) in [5.74, 6) is 1.98. The minimum absolute atomic E-state index is 0.192. The molecule has 0 aliphatic rings. The van der Waals surface area contributed by atoms with Gasteiger partial charge in [-0.05, 0) is 55.3 Å². The molecule has 0 spiro atoms. The maximum atomic E-state index is 12.5. The molecule has 3 aromatic rings. The fourth-order valence-electron chi connectivity index (χ4n) is 2.81. The summed E-state index contributed by atoms with van der Waals surface area (Å²) in [6.07, 6.45) is -0.630. The van der Waals surface area contributed by atoms with E-state index in [0.717, 1.165) is 17.0 Å². The van der Waals surface area contributed by atoms with Crippen molar-refractivity contribution in [2.24, 2.45) is 0 Å². The van der Waals surface area contributed by atoms with Gasteiger partial charge in [0.05, 0.1) is 7.11 Å². The molecule has 3 aromatic carbocycles. The number of nitrogens with one attached hydrogen (secondary N) is 1. The largest absolute Gasteiger partial charge is 0.497 e. The van der Waals surface area contributed by atoms with E-state index in [-0.39, 0.29) is 5.91 Å². The average Bonchev–Trinajstić information content (AvgIpc) is 2.74. The van der Waals surface area contributed by atoms with Crippen LogP contribution >= 0.6 is 11.8 Å². The zero-order valence-electron chi connectivity index (χ0n) is 16.8. The van der Waals surface area contributed by atoms with Crippen LogP contribution in [0, 0.1) is 6.92 Å². The molecular weight excluding hydrogens is 382 g/mol. The van der Waals surface area contributed by atoms with Crippen LogP contribution in [0.5, 0.6) is 11.5 Å². The van der Waals surface area contributed by atoms with Crippen LogP contribution in [0.4, 0.5) is 5.69 Å². The Labute approximate surface area is 176 Å². The molecule has 4 nitrogen and oxygen atoms in total. The minimum Gasteiger partial charge on any atom is -0.497 e. The fourth-order valence-corrected chi connectivity index (χ4v) is 3.67. The second kappa shape index (κ2) is 10.0. The van der Waals surface area contributed by atoms with Gasteiger partial charge >= 0.3 is 0 Å². The summed E-state index contributed by atoms with van der Waals surface area (Å²) >= 11 is 1.79. The third-order valence-electron chi connectivity index (χ3n) is 4.42. The number of aryl methyl sites for hydroxylation is 1. The van der Waals surface area contributed by atoms with Crippen LogP contribution in [0.15, 0.2) is 77.7 Å². The van der Waals surface area contributed by atoms with Crippen molar-refractivity contribution in [3.63, 3.8) is 0 Å². The zero-order valence-corrected chi connectivity index (χ0v) is 17.7. The van der Waals surface area contributed by atoms with Crippen molar-refractivity contribution in [1.82, 2.24) is 0 Å². The zero-order chi connectivity index (χ0) is 20.6. The molecule has 1 unspecified atom stereocenters. The Balaban J connectivity index is 1.58. The number of methoxy groups -OCH3 is 1. The van der Waals surface area contributed by atoms with Gasteiger partial charge in [-0.15, -0.1) is 11.8 Å². The van der Waals surface area contributed by atoms with Crippen LogP contribution < -0.4 is 14.8 Å². The van der Waals surface area contributed by atoms with E-state index in [1.807, 2.05) is 49.4 Å². The molecule has 0 saturated heterocycles. The second-order valence-electron chi connectivity index (χ2n) is 6.68. The molecule has 1 amide bonds. The van der Waals surface area contributed by atoms with Gasteiger partial charge in [0.2, 0.25) is 0 Å².